The maximum absolute atomic E-state index is 12.1. The molecule has 2 N–H and O–H groups in total. The van der Waals surface area contributed by atoms with E-state index in [1.165, 1.54) is 0 Å². The Bertz CT molecular complexity index is 227. The highest BCUT2D eigenvalue weighted by Gasteiger charge is 2.30. The van der Waals surface area contributed by atoms with Gasteiger partial charge in [0.15, 0.2) is 0 Å². The monoisotopic (exact) mass is 212 g/mol. The Balaban J connectivity index is 1.85. The molecule has 2 rings (SSSR count). The molecular formula is C11H20N2O2. The second-order valence-electron chi connectivity index (χ2n) is 4.66. The predicted molar refractivity (Wildman–Crippen MR) is 57.4 cm³/mol. The van der Waals surface area contributed by atoms with Gasteiger partial charge in [0, 0.05) is 32.2 Å². The van der Waals surface area contributed by atoms with E-state index in [-0.39, 0.29) is 18.4 Å². The molecule has 4 nitrogen and oxygen atoms in total. The van der Waals surface area contributed by atoms with Crippen molar-refractivity contribution in [2.24, 2.45) is 11.8 Å². The SMILES string of the molecule is O=C([C@H]1CCCNC1)N1CC[C@H](CO)C1. The number of piperidine rings is 1. The number of carbonyl (C=O) groups excluding carboxylic acids is 1. The largest absolute Gasteiger partial charge is 0.396 e. The zero-order valence-electron chi connectivity index (χ0n) is 9.11. The Hall–Kier alpha value is -0.610. The summed E-state index contributed by atoms with van der Waals surface area (Å²) in [4.78, 5) is 14.0. The van der Waals surface area contributed by atoms with E-state index in [4.69, 9.17) is 5.11 Å². The van der Waals surface area contributed by atoms with Crippen LogP contribution in [-0.4, -0.2) is 48.7 Å². The van der Waals surface area contributed by atoms with Gasteiger partial charge in [-0.1, -0.05) is 0 Å². The first-order valence-electron chi connectivity index (χ1n) is 5.91. The van der Waals surface area contributed by atoms with Crippen molar-refractivity contribution in [3.63, 3.8) is 0 Å². The summed E-state index contributed by atoms with van der Waals surface area (Å²) in [5, 5.41) is 12.3. The van der Waals surface area contributed by atoms with Crippen molar-refractivity contribution in [2.45, 2.75) is 19.3 Å². The summed E-state index contributed by atoms with van der Waals surface area (Å²) in [5.74, 6) is 0.778. The number of rotatable bonds is 2. The Labute approximate surface area is 90.6 Å². The third kappa shape index (κ3) is 2.49. The highest BCUT2D eigenvalue weighted by atomic mass is 16.3. The molecule has 1 amide bonds. The molecule has 0 spiro atoms. The Kier molecular flexibility index (Phi) is 3.59. The minimum atomic E-state index is 0.177. The van der Waals surface area contributed by atoms with Crippen LogP contribution in [0.15, 0.2) is 0 Å². The van der Waals surface area contributed by atoms with Crippen LogP contribution in [-0.2, 0) is 4.79 Å². The van der Waals surface area contributed by atoms with Crippen LogP contribution in [0.4, 0.5) is 0 Å². The van der Waals surface area contributed by atoms with Gasteiger partial charge in [0.25, 0.3) is 0 Å². The van der Waals surface area contributed by atoms with Crippen molar-refractivity contribution in [3.05, 3.63) is 0 Å². The van der Waals surface area contributed by atoms with E-state index < -0.39 is 0 Å². The van der Waals surface area contributed by atoms with Crippen LogP contribution in [0.2, 0.25) is 0 Å². The van der Waals surface area contributed by atoms with Crippen molar-refractivity contribution in [2.75, 3.05) is 32.8 Å². The fourth-order valence-corrected chi connectivity index (χ4v) is 2.50. The van der Waals surface area contributed by atoms with Crippen LogP contribution in [0.25, 0.3) is 0 Å². The van der Waals surface area contributed by atoms with Crippen molar-refractivity contribution in [3.8, 4) is 0 Å². The molecular weight excluding hydrogens is 192 g/mol. The molecule has 2 fully saturated rings. The molecule has 0 saturated carbocycles. The van der Waals surface area contributed by atoms with Crippen LogP contribution >= 0.6 is 0 Å². The zero-order valence-corrected chi connectivity index (χ0v) is 9.11. The molecule has 0 aromatic carbocycles. The van der Waals surface area contributed by atoms with Gasteiger partial charge >= 0.3 is 0 Å². The lowest BCUT2D eigenvalue weighted by atomic mass is 9.98. The summed E-state index contributed by atoms with van der Waals surface area (Å²) in [6, 6.07) is 0. The molecule has 2 heterocycles. The first kappa shape index (κ1) is 10.9. The van der Waals surface area contributed by atoms with Gasteiger partial charge in [-0.3, -0.25) is 4.79 Å². The summed E-state index contributed by atoms with van der Waals surface area (Å²) in [5.41, 5.74) is 0. The molecule has 0 aliphatic carbocycles. The van der Waals surface area contributed by atoms with Crippen LogP contribution in [0.5, 0.6) is 0 Å². The summed E-state index contributed by atoms with van der Waals surface area (Å²) in [6.07, 6.45) is 3.09. The summed E-state index contributed by atoms with van der Waals surface area (Å²) in [7, 11) is 0. The summed E-state index contributed by atoms with van der Waals surface area (Å²) >= 11 is 0. The standard InChI is InChI=1S/C11H20N2O2/c14-8-9-3-5-13(7-9)11(15)10-2-1-4-12-6-10/h9-10,12,14H,1-8H2/t9-,10-/m0/s1. The molecule has 0 aromatic rings. The van der Waals surface area contributed by atoms with Crippen LogP contribution < -0.4 is 5.32 Å². The lowest BCUT2D eigenvalue weighted by Crippen LogP contribution is -2.42. The predicted octanol–water partition coefficient (Wildman–Crippen LogP) is -0.173. The van der Waals surface area contributed by atoms with Gasteiger partial charge in [-0.15, -0.1) is 0 Å². The number of nitrogens with one attached hydrogen (secondary N) is 1. The topological polar surface area (TPSA) is 52.6 Å². The average Bonchev–Trinajstić information content (AvgIpc) is 2.78. The number of hydrogen-bond acceptors (Lipinski definition) is 3. The molecule has 2 aliphatic heterocycles. The van der Waals surface area contributed by atoms with Crippen LogP contribution in [0, 0.1) is 11.8 Å². The molecule has 0 unspecified atom stereocenters. The first-order valence-corrected chi connectivity index (χ1v) is 5.91. The molecule has 0 aromatic heterocycles. The number of aliphatic hydroxyl groups excluding tert-OH is 1. The van der Waals surface area contributed by atoms with Gasteiger partial charge in [0.1, 0.15) is 0 Å². The van der Waals surface area contributed by atoms with E-state index >= 15 is 0 Å². The summed E-state index contributed by atoms with van der Waals surface area (Å²) in [6.45, 7) is 3.68. The van der Waals surface area contributed by atoms with E-state index in [2.05, 4.69) is 5.32 Å². The summed E-state index contributed by atoms with van der Waals surface area (Å²) < 4.78 is 0. The number of carbonyl (C=O) groups is 1. The molecule has 0 bridgehead atoms. The number of likely N-dealkylation sites (tertiary alicyclic amines) is 1. The number of hydrogen-bond donors (Lipinski definition) is 2. The zero-order chi connectivity index (χ0) is 10.7. The quantitative estimate of drug-likeness (QED) is 0.668. The van der Waals surface area contributed by atoms with Crippen molar-refractivity contribution in [1.29, 1.82) is 0 Å². The van der Waals surface area contributed by atoms with E-state index in [1.54, 1.807) is 0 Å². The van der Waals surface area contributed by atoms with Crippen LogP contribution in [0.1, 0.15) is 19.3 Å². The molecule has 4 heteroatoms. The van der Waals surface area contributed by atoms with E-state index in [0.29, 0.717) is 5.92 Å². The molecule has 86 valence electrons. The normalized spacial score (nSPS) is 31.9. The third-order valence-corrected chi connectivity index (χ3v) is 3.50. The maximum atomic E-state index is 12.1. The molecule has 0 radical (unpaired) electrons. The highest BCUT2D eigenvalue weighted by molar-refractivity contribution is 5.79. The Morgan fingerprint density at radius 2 is 2.33 bits per heavy atom. The van der Waals surface area contributed by atoms with Gasteiger partial charge in [-0.25, -0.2) is 0 Å². The van der Waals surface area contributed by atoms with E-state index in [1.807, 2.05) is 4.90 Å². The number of amides is 1. The highest BCUT2D eigenvalue weighted by Crippen LogP contribution is 2.20. The molecule has 2 atom stereocenters. The third-order valence-electron chi connectivity index (χ3n) is 3.50. The smallest absolute Gasteiger partial charge is 0.226 e. The van der Waals surface area contributed by atoms with Gasteiger partial charge in [0.2, 0.25) is 5.91 Å². The van der Waals surface area contributed by atoms with Crippen molar-refractivity contribution >= 4 is 5.91 Å². The first-order chi connectivity index (χ1) is 7.31. The van der Waals surface area contributed by atoms with E-state index in [0.717, 1.165) is 45.4 Å². The second-order valence-corrected chi connectivity index (χ2v) is 4.66. The Morgan fingerprint density at radius 1 is 1.47 bits per heavy atom. The van der Waals surface area contributed by atoms with E-state index in [9.17, 15) is 4.79 Å². The van der Waals surface area contributed by atoms with Crippen molar-refractivity contribution < 1.29 is 9.90 Å². The van der Waals surface area contributed by atoms with Gasteiger partial charge in [0.05, 0.1) is 5.92 Å². The molecule has 2 saturated heterocycles. The lowest BCUT2D eigenvalue weighted by Gasteiger charge is -2.26. The lowest BCUT2D eigenvalue weighted by molar-refractivity contribution is -0.135. The number of aliphatic hydroxyl groups is 1. The number of nitrogens with zero attached hydrogens (tertiary/aromatic N) is 1. The van der Waals surface area contributed by atoms with Crippen LogP contribution in [0.3, 0.4) is 0 Å². The fourth-order valence-electron chi connectivity index (χ4n) is 2.50. The second kappa shape index (κ2) is 4.94. The minimum Gasteiger partial charge on any atom is -0.396 e. The molecule has 2 aliphatic rings. The van der Waals surface area contributed by atoms with Crippen molar-refractivity contribution in [1.82, 2.24) is 10.2 Å². The van der Waals surface area contributed by atoms with Gasteiger partial charge < -0.3 is 15.3 Å². The fraction of sp³-hybridized carbons (Fsp3) is 0.909. The molecule has 15 heavy (non-hydrogen) atoms. The average molecular weight is 212 g/mol. The Morgan fingerprint density at radius 3 is 2.93 bits per heavy atom. The maximum Gasteiger partial charge on any atom is 0.226 e. The minimum absolute atomic E-state index is 0.177. The van der Waals surface area contributed by atoms with Gasteiger partial charge in [-0.2, -0.15) is 0 Å². The van der Waals surface area contributed by atoms with Gasteiger partial charge in [-0.05, 0) is 25.8 Å².